The fourth-order valence-corrected chi connectivity index (χ4v) is 5.39. The Labute approximate surface area is 230 Å². The Morgan fingerprint density at radius 2 is 1.82 bits per heavy atom. The molecule has 7 rings (SSSR count). The van der Waals surface area contributed by atoms with Gasteiger partial charge in [0.2, 0.25) is 5.95 Å². The first-order valence-corrected chi connectivity index (χ1v) is 13.0. The number of aromatic amines is 1. The third-order valence-corrected chi connectivity index (χ3v) is 7.51. The van der Waals surface area contributed by atoms with Gasteiger partial charge in [-0.1, -0.05) is 30.3 Å². The average molecular weight is 527 g/mol. The molecule has 9 nitrogen and oxygen atoms in total. The van der Waals surface area contributed by atoms with Gasteiger partial charge in [0.15, 0.2) is 5.82 Å². The number of carbonyl (C=O) groups excluding carboxylic acids is 1. The number of H-pyrrole nitrogens is 1. The van der Waals surface area contributed by atoms with Crippen molar-refractivity contribution >= 4 is 34.3 Å². The van der Waals surface area contributed by atoms with Crippen molar-refractivity contribution in [3.8, 4) is 22.4 Å². The average Bonchev–Trinajstić information content (AvgIpc) is 3.65. The van der Waals surface area contributed by atoms with Crippen LogP contribution in [0.5, 0.6) is 0 Å². The van der Waals surface area contributed by atoms with Crippen molar-refractivity contribution in [2.24, 2.45) is 7.05 Å². The SMILES string of the molecule is Cc1cnc(Nc2cc(C)n(C)n2)nc1-c1c[nH]c2c(N3Cc4c(cccc4-c4cccnc4)C3=O)cccc12. The van der Waals surface area contributed by atoms with E-state index in [9.17, 15) is 4.79 Å². The second kappa shape index (κ2) is 9.16. The van der Waals surface area contributed by atoms with Crippen LogP contribution in [0.15, 0.2) is 79.4 Å². The summed E-state index contributed by atoms with van der Waals surface area (Å²) in [6.07, 6.45) is 7.35. The van der Waals surface area contributed by atoms with Crippen LogP contribution in [-0.4, -0.2) is 35.6 Å². The van der Waals surface area contributed by atoms with E-state index in [1.165, 1.54) is 0 Å². The van der Waals surface area contributed by atoms with Crippen molar-refractivity contribution in [2.75, 3.05) is 10.2 Å². The molecular formula is C31H26N8O. The van der Waals surface area contributed by atoms with Gasteiger partial charge in [-0.25, -0.2) is 9.97 Å². The third-order valence-electron chi connectivity index (χ3n) is 7.51. The quantitative estimate of drug-likeness (QED) is 0.288. The van der Waals surface area contributed by atoms with E-state index < -0.39 is 0 Å². The highest BCUT2D eigenvalue weighted by atomic mass is 16.2. The lowest BCUT2D eigenvalue weighted by Gasteiger charge is -2.17. The number of hydrogen-bond acceptors (Lipinski definition) is 6. The van der Waals surface area contributed by atoms with Crippen molar-refractivity contribution in [1.82, 2.24) is 29.7 Å². The van der Waals surface area contributed by atoms with Crippen molar-refractivity contribution < 1.29 is 4.79 Å². The fourth-order valence-electron chi connectivity index (χ4n) is 5.39. The molecule has 5 heterocycles. The molecule has 0 bridgehead atoms. The van der Waals surface area contributed by atoms with Gasteiger partial charge in [0, 0.05) is 65.7 Å². The molecule has 0 saturated carbocycles. The number of hydrogen-bond donors (Lipinski definition) is 2. The van der Waals surface area contributed by atoms with E-state index >= 15 is 0 Å². The molecule has 0 atom stereocenters. The normalized spacial score (nSPS) is 12.8. The van der Waals surface area contributed by atoms with Crippen LogP contribution in [0, 0.1) is 13.8 Å². The molecular weight excluding hydrogens is 500 g/mol. The van der Waals surface area contributed by atoms with Gasteiger partial charge in [-0.2, -0.15) is 5.10 Å². The summed E-state index contributed by atoms with van der Waals surface area (Å²) in [4.78, 5) is 32.5. The minimum Gasteiger partial charge on any atom is -0.359 e. The molecule has 2 N–H and O–H groups in total. The summed E-state index contributed by atoms with van der Waals surface area (Å²) in [5.41, 5.74) is 9.20. The van der Waals surface area contributed by atoms with E-state index in [0.717, 1.165) is 61.4 Å². The first-order chi connectivity index (χ1) is 19.5. The van der Waals surface area contributed by atoms with E-state index in [4.69, 9.17) is 4.98 Å². The number of anilines is 3. The number of pyridine rings is 1. The Hall–Kier alpha value is -5.31. The van der Waals surface area contributed by atoms with Gasteiger partial charge >= 0.3 is 0 Å². The minimum absolute atomic E-state index is 0.0141. The van der Waals surface area contributed by atoms with Crippen LogP contribution in [0.3, 0.4) is 0 Å². The number of aromatic nitrogens is 6. The van der Waals surface area contributed by atoms with E-state index in [2.05, 4.69) is 37.5 Å². The van der Waals surface area contributed by atoms with Gasteiger partial charge in [-0.15, -0.1) is 0 Å². The number of nitrogens with zero attached hydrogens (tertiary/aromatic N) is 6. The molecule has 2 aromatic carbocycles. The highest BCUT2D eigenvalue weighted by molar-refractivity contribution is 6.15. The summed E-state index contributed by atoms with van der Waals surface area (Å²) < 4.78 is 1.80. The fraction of sp³-hybridized carbons (Fsp3) is 0.129. The molecule has 0 unspecified atom stereocenters. The molecule has 1 amide bonds. The predicted octanol–water partition coefficient (Wildman–Crippen LogP) is 5.94. The van der Waals surface area contributed by atoms with Crippen LogP contribution in [0.25, 0.3) is 33.3 Å². The van der Waals surface area contributed by atoms with Crippen molar-refractivity contribution in [2.45, 2.75) is 20.4 Å². The van der Waals surface area contributed by atoms with Crippen LogP contribution in [0.4, 0.5) is 17.5 Å². The van der Waals surface area contributed by atoms with Gasteiger partial charge in [0.1, 0.15) is 0 Å². The van der Waals surface area contributed by atoms with Gasteiger partial charge in [-0.3, -0.25) is 14.5 Å². The highest BCUT2D eigenvalue weighted by Crippen LogP contribution is 2.39. The third kappa shape index (κ3) is 3.82. The Balaban J connectivity index is 1.26. The molecule has 0 aliphatic carbocycles. The van der Waals surface area contributed by atoms with Gasteiger partial charge in [0.05, 0.1) is 23.4 Å². The van der Waals surface area contributed by atoms with Gasteiger partial charge in [-0.05, 0) is 48.7 Å². The molecule has 0 radical (unpaired) electrons. The first-order valence-electron chi connectivity index (χ1n) is 13.0. The molecule has 1 aliphatic heterocycles. The summed E-state index contributed by atoms with van der Waals surface area (Å²) in [7, 11) is 1.90. The number of amides is 1. The number of fused-ring (bicyclic) bond motifs is 2. The zero-order chi connectivity index (χ0) is 27.4. The number of aryl methyl sites for hydroxylation is 3. The van der Waals surface area contributed by atoms with Crippen LogP contribution < -0.4 is 10.2 Å². The summed E-state index contributed by atoms with van der Waals surface area (Å²) in [5, 5.41) is 8.65. The molecule has 40 heavy (non-hydrogen) atoms. The number of benzene rings is 2. The molecule has 6 aromatic rings. The highest BCUT2D eigenvalue weighted by Gasteiger charge is 2.32. The van der Waals surface area contributed by atoms with Crippen LogP contribution in [0.2, 0.25) is 0 Å². The molecule has 0 spiro atoms. The predicted molar refractivity (Wildman–Crippen MR) is 155 cm³/mol. The van der Waals surface area contributed by atoms with Gasteiger partial charge in [0.25, 0.3) is 5.91 Å². The van der Waals surface area contributed by atoms with E-state index in [1.807, 2.05) is 86.9 Å². The molecule has 9 heteroatoms. The summed E-state index contributed by atoms with van der Waals surface area (Å²) >= 11 is 0. The zero-order valence-corrected chi connectivity index (χ0v) is 22.3. The standard InChI is InChI=1S/C31H26N8O/c1-18-14-34-31(35-27-13-19(2)38(3)37-27)36-28(18)24-16-33-29-22(24)9-5-11-26(29)39-17-25-21(20-7-6-12-32-15-20)8-4-10-23(25)30(39)40/h4-16,33H,17H2,1-3H3,(H,34,35,36,37). The number of carbonyl (C=O) groups is 1. The van der Waals surface area contributed by atoms with Crippen LogP contribution in [0.1, 0.15) is 27.2 Å². The summed E-state index contributed by atoms with van der Waals surface area (Å²) in [6.45, 7) is 4.47. The number of para-hydroxylation sites is 1. The van der Waals surface area contributed by atoms with Gasteiger partial charge < -0.3 is 15.2 Å². The smallest absolute Gasteiger partial charge is 0.259 e. The monoisotopic (exact) mass is 526 g/mol. The molecule has 0 saturated heterocycles. The lowest BCUT2D eigenvalue weighted by atomic mass is 9.98. The van der Waals surface area contributed by atoms with Crippen molar-refractivity contribution in [1.29, 1.82) is 0 Å². The second-order valence-corrected chi connectivity index (χ2v) is 10.0. The maximum absolute atomic E-state index is 13.7. The van der Waals surface area contributed by atoms with E-state index in [1.54, 1.807) is 10.9 Å². The lowest BCUT2D eigenvalue weighted by molar-refractivity contribution is 0.0997. The van der Waals surface area contributed by atoms with Crippen LogP contribution >= 0.6 is 0 Å². The molecule has 0 fully saturated rings. The zero-order valence-electron chi connectivity index (χ0n) is 22.3. The Kier molecular flexibility index (Phi) is 5.45. The second-order valence-electron chi connectivity index (χ2n) is 10.0. The number of rotatable bonds is 5. The maximum Gasteiger partial charge on any atom is 0.259 e. The van der Waals surface area contributed by atoms with Crippen LogP contribution in [-0.2, 0) is 13.6 Å². The largest absolute Gasteiger partial charge is 0.359 e. The molecule has 1 aliphatic rings. The Bertz CT molecular complexity index is 1900. The Morgan fingerprint density at radius 3 is 2.62 bits per heavy atom. The molecule has 4 aromatic heterocycles. The maximum atomic E-state index is 13.7. The van der Waals surface area contributed by atoms with Crippen molar-refractivity contribution in [3.63, 3.8) is 0 Å². The Morgan fingerprint density at radius 1 is 0.975 bits per heavy atom. The van der Waals surface area contributed by atoms with E-state index in [-0.39, 0.29) is 5.91 Å². The molecule has 196 valence electrons. The topological polar surface area (TPSA) is 105 Å². The minimum atomic E-state index is -0.0141. The lowest BCUT2D eigenvalue weighted by Crippen LogP contribution is -2.23. The van der Waals surface area contributed by atoms with Crippen molar-refractivity contribution in [3.05, 3.63) is 102 Å². The summed E-state index contributed by atoms with van der Waals surface area (Å²) in [6, 6.07) is 17.8. The first kappa shape index (κ1) is 23.8. The van der Waals surface area contributed by atoms with E-state index in [0.29, 0.717) is 18.3 Å². The summed E-state index contributed by atoms with van der Waals surface area (Å²) in [5.74, 6) is 1.14. The number of nitrogens with one attached hydrogen (secondary N) is 2.